The van der Waals surface area contributed by atoms with Crippen LogP contribution in [0.1, 0.15) is 0 Å². The molecule has 0 unspecified atom stereocenters. The minimum Gasteiger partial charge on any atom is -0.322 e. The molecule has 2 rings (SSSR count). The standard InChI is InChI=1S/C16H16F2N2O3S2/c1-20(25(22,23)13-6-4-12(24-2)5-7-13)10-16(21)19-15-8-3-11(17)9-14(15)18/h3-9H,10H2,1-2H3,(H,19,21). The zero-order valence-corrected chi connectivity index (χ0v) is 15.1. The lowest BCUT2D eigenvalue weighted by Crippen LogP contribution is -2.35. The first kappa shape index (κ1) is 19.4. The number of amides is 1. The summed E-state index contributed by atoms with van der Waals surface area (Å²) in [6.45, 7) is -0.510. The third-order valence-corrected chi connectivity index (χ3v) is 5.90. The van der Waals surface area contributed by atoms with E-state index < -0.39 is 34.1 Å². The zero-order valence-electron chi connectivity index (χ0n) is 13.5. The third kappa shape index (κ3) is 4.77. The Morgan fingerprint density at radius 2 is 1.80 bits per heavy atom. The van der Waals surface area contributed by atoms with Gasteiger partial charge in [-0.2, -0.15) is 4.31 Å². The van der Waals surface area contributed by atoms with Gasteiger partial charge in [0.1, 0.15) is 11.6 Å². The lowest BCUT2D eigenvalue weighted by Gasteiger charge is -2.17. The Labute approximate surface area is 149 Å². The summed E-state index contributed by atoms with van der Waals surface area (Å²) in [4.78, 5) is 12.9. The van der Waals surface area contributed by atoms with Gasteiger partial charge in [-0.25, -0.2) is 17.2 Å². The van der Waals surface area contributed by atoms with E-state index in [-0.39, 0.29) is 10.6 Å². The second-order valence-electron chi connectivity index (χ2n) is 5.11. The van der Waals surface area contributed by atoms with Gasteiger partial charge in [0.2, 0.25) is 15.9 Å². The Balaban J connectivity index is 2.08. The van der Waals surface area contributed by atoms with Crippen LogP contribution in [-0.2, 0) is 14.8 Å². The van der Waals surface area contributed by atoms with E-state index in [1.807, 2.05) is 6.26 Å². The normalized spacial score (nSPS) is 11.6. The molecular formula is C16H16F2N2O3S2. The average molecular weight is 386 g/mol. The van der Waals surface area contributed by atoms with Crippen LogP contribution in [0.4, 0.5) is 14.5 Å². The minimum atomic E-state index is -3.86. The zero-order chi connectivity index (χ0) is 18.6. The fourth-order valence-corrected chi connectivity index (χ4v) is 3.53. The fraction of sp³-hybridized carbons (Fsp3) is 0.188. The van der Waals surface area contributed by atoms with Gasteiger partial charge >= 0.3 is 0 Å². The summed E-state index contributed by atoms with van der Waals surface area (Å²) >= 11 is 1.48. The molecule has 0 aliphatic carbocycles. The Kier molecular flexibility index (Phi) is 6.15. The largest absolute Gasteiger partial charge is 0.322 e. The molecule has 0 saturated heterocycles. The third-order valence-electron chi connectivity index (χ3n) is 3.34. The summed E-state index contributed by atoms with van der Waals surface area (Å²) < 4.78 is 52.1. The van der Waals surface area contributed by atoms with Gasteiger partial charge in [-0.05, 0) is 42.7 Å². The predicted molar refractivity (Wildman–Crippen MR) is 93.0 cm³/mol. The minimum absolute atomic E-state index is 0.0496. The quantitative estimate of drug-likeness (QED) is 0.776. The molecule has 0 atom stereocenters. The average Bonchev–Trinajstić information content (AvgIpc) is 2.57. The topological polar surface area (TPSA) is 66.5 Å². The molecular weight excluding hydrogens is 370 g/mol. The van der Waals surface area contributed by atoms with E-state index in [2.05, 4.69) is 5.32 Å². The number of rotatable bonds is 6. The molecule has 2 aromatic carbocycles. The van der Waals surface area contributed by atoms with Gasteiger partial charge in [0.05, 0.1) is 17.1 Å². The summed E-state index contributed by atoms with van der Waals surface area (Å²) in [6.07, 6.45) is 1.87. The lowest BCUT2D eigenvalue weighted by atomic mass is 10.3. The molecule has 2 aromatic rings. The Bertz CT molecular complexity index is 871. The summed E-state index contributed by atoms with van der Waals surface area (Å²) in [5.41, 5.74) is -0.221. The predicted octanol–water partition coefficient (Wildman–Crippen LogP) is 2.95. The van der Waals surface area contributed by atoms with Crippen molar-refractivity contribution in [1.29, 1.82) is 0 Å². The Morgan fingerprint density at radius 3 is 2.36 bits per heavy atom. The second kappa shape index (κ2) is 7.94. The van der Waals surface area contributed by atoms with Crippen molar-refractivity contribution in [3.63, 3.8) is 0 Å². The molecule has 0 aromatic heterocycles. The molecule has 0 fully saturated rings. The fourth-order valence-electron chi connectivity index (χ4n) is 2.00. The number of anilines is 1. The summed E-state index contributed by atoms with van der Waals surface area (Å²) in [7, 11) is -2.61. The first-order valence-electron chi connectivity index (χ1n) is 7.09. The highest BCUT2D eigenvalue weighted by atomic mass is 32.2. The van der Waals surface area contributed by atoms with Crippen molar-refractivity contribution in [2.75, 3.05) is 25.2 Å². The molecule has 0 aliphatic rings. The van der Waals surface area contributed by atoms with Crippen LogP contribution < -0.4 is 5.32 Å². The molecule has 1 N–H and O–H groups in total. The number of benzene rings is 2. The van der Waals surface area contributed by atoms with Gasteiger partial charge in [0.25, 0.3) is 0 Å². The van der Waals surface area contributed by atoms with E-state index in [0.29, 0.717) is 6.07 Å². The number of hydrogen-bond donors (Lipinski definition) is 1. The molecule has 0 heterocycles. The van der Waals surface area contributed by atoms with Crippen LogP contribution in [0, 0.1) is 11.6 Å². The molecule has 0 spiro atoms. The lowest BCUT2D eigenvalue weighted by molar-refractivity contribution is -0.116. The number of hydrogen-bond acceptors (Lipinski definition) is 4. The van der Waals surface area contributed by atoms with Crippen molar-refractivity contribution < 1.29 is 22.0 Å². The molecule has 0 bridgehead atoms. The summed E-state index contributed by atoms with van der Waals surface area (Å²) in [6, 6.07) is 8.93. The van der Waals surface area contributed by atoms with E-state index in [9.17, 15) is 22.0 Å². The molecule has 5 nitrogen and oxygen atoms in total. The van der Waals surface area contributed by atoms with Gasteiger partial charge in [-0.3, -0.25) is 4.79 Å². The van der Waals surface area contributed by atoms with E-state index in [1.54, 1.807) is 12.1 Å². The van der Waals surface area contributed by atoms with E-state index in [1.165, 1.54) is 30.9 Å². The van der Waals surface area contributed by atoms with Crippen LogP contribution in [-0.4, -0.2) is 38.5 Å². The van der Waals surface area contributed by atoms with Gasteiger partial charge in [0, 0.05) is 18.0 Å². The number of carbonyl (C=O) groups is 1. The molecule has 1 amide bonds. The van der Waals surface area contributed by atoms with E-state index in [0.717, 1.165) is 21.3 Å². The maximum atomic E-state index is 13.5. The van der Waals surface area contributed by atoms with Crippen molar-refractivity contribution >= 4 is 33.4 Å². The van der Waals surface area contributed by atoms with Crippen molar-refractivity contribution in [2.45, 2.75) is 9.79 Å². The highest BCUT2D eigenvalue weighted by Gasteiger charge is 2.23. The summed E-state index contributed by atoms with van der Waals surface area (Å²) in [5.74, 6) is -2.45. The van der Waals surface area contributed by atoms with E-state index >= 15 is 0 Å². The molecule has 0 saturated carbocycles. The van der Waals surface area contributed by atoms with Gasteiger partial charge in [0.15, 0.2) is 0 Å². The molecule has 0 radical (unpaired) electrons. The highest BCUT2D eigenvalue weighted by molar-refractivity contribution is 7.98. The highest BCUT2D eigenvalue weighted by Crippen LogP contribution is 2.20. The first-order chi connectivity index (χ1) is 11.7. The number of carbonyl (C=O) groups excluding carboxylic acids is 1. The number of likely N-dealkylation sites (N-methyl/N-ethyl adjacent to an activating group) is 1. The van der Waals surface area contributed by atoms with Crippen LogP contribution in [0.25, 0.3) is 0 Å². The maximum Gasteiger partial charge on any atom is 0.243 e. The molecule has 0 aliphatic heterocycles. The van der Waals surface area contributed by atoms with Crippen molar-refractivity contribution in [1.82, 2.24) is 4.31 Å². The number of nitrogens with zero attached hydrogens (tertiary/aromatic N) is 1. The smallest absolute Gasteiger partial charge is 0.243 e. The van der Waals surface area contributed by atoms with Crippen LogP contribution in [0.15, 0.2) is 52.3 Å². The maximum absolute atomic E-state index is 13.5. The number of sulfonamides is 1. The van der Waals surface area contributed by atoms with Crippen LogP contribution in [0.2, 0.25) is 0 Å². The molecule has 134 valence electrons. The summed E-state index contributed by atoms with van der Waals surface area (Å²) in [5, 5.41) is 2.22. The molecule has 25 heavy (non-hydrogen) atoms. The van der Waals surface area contributed by atoms with Crippen molar-refractivity contribution in [3.05, 3.63) is 54.1 Å². The Morgan fingerprint density at radius 1 is 1.16 bits per heavy atom. The van der Waals surface area contributed by atoms with Crippen LogP contribution >= 0.6 is 11.8 Å². The van der Waals surface area contributed by atoms with E-state index in [4.69, 9.17) is 0 Å². The Hall–Kier alpha value is -1.97. The van der Waals surface area contributed by atoms with Crippen LogP contribution in [0.3, 0.4) is 0 Å². The van der Waals surface area contributed by atoms with Gasteiger partial charge in [-0.15, -0.1) is 11.8 Å². The van der Waals surface area contributed by atoms with Crippen LogP contribution in [0.5, 0.6) is 0 Å². The van der Waals surface area contributed by atoms with Gasteiger partial charge < -0.3 is 5.32 Å². The monoisotopic (exact) mass is 386 g/mol. The van der Waals surface area contributed by atoms with Gasteiger partial charge in [-0.1, -0.05) is 0 Å². The molecule has 9 heteroatoms. The number of thioether (sulfide) groups is 1. The van der Waals surface area contributed by atoms with Crippen molar-refractivity contribution in [3.8, 4) is 0 Å². The van der Waals surface area contributed by atoms with Crippen molar-refractivity contribution in [2.24, 2.45) is 0 Å². The second-order valence-corrected chi connectivity index (χ2v) is 8.03. The first-order valence-corrected chi connectivity index (χ1v) is 9.76. The SMILES string of the molecule is CSc1ccc(S(=O)(=O)N(C)CC(=O)Nc2ccc(F)cc2F)cc1. The number of nitrogens with one attached hydrogen (secondary N) is 1. The number of halogens is 2.